The number of rotatable bonds is 2. The monoisotopic (exact) mass is 234 g/mol. The molecule has 0 saturated heterocycles. The molecule has 0 N–H and O–H groups in total. The summed E-state index contributed by atoms with van der Waals surface area (Å²) in [6, 6.07) is 0. The Labute approximate surface area is 89.4 Å². The fraction of sp³-hybridized carbons (Fsp3) is 0.375. The first-order valence-electron chi connectivity index (χ1n) is 3.99. The third kappa shape index (κ3) is 5.31. The van der Waals surface area contributed by atoms with Gasteiger partial charge < -0.3 is 4.55 Å². The Morgan fingerprint density at radius 3 is 2.27 bits per heavy atom. The van der Waals surface area contributed by atoms with Crippen molar-refractivity contribution in [1.29, 1.82) is 0 Å². The fourth-order valence-electron chi connectivity index (χ4n) is 0.763. The zero-order chi connectivity index (χ0) is 12.1. The molecule has 0 unspecified atom stereocenters. The second-order valence-corrected chi connectivity index (χ2v) is 3.77. The first kappa shape index (κ1) is 13.8. The molecule has 86 valence electrons. The molecule has 1 aromatic rings. The zero-order valence-electron chi connectivity index (χ0n) is 8.87. The van der Waals surface area contributed by atoms with Gasteiger partial charge in [-0.25, -0.2) is 17.6 Å². The van der Waals surface area contributed by atoms with Gasteiger partial charge in [-0.2, -0.15) is 0 Å². The van der Waals surface area contributed by atoms with E-state index in [1.807, 2.05) is 35.5 Å². The summed E-state index contributed by atoms with van der Waals surface area (Å²) in [4.78, 5) is 0. The highest BCUT2D eigenvalue weighted by Crippen LogP contribution is 1.86. The van der Waals surface area contributed by atoms with Gasteiger partial charge in [-0.05, 0) is 0 Å². The van der Waals surface area contributed by atoms with E-state index in [1.54, 1.807) is 6.20 Å². The second-order valence-electron chi connectivity index (χ2n) is 2.62. The lowest BCUT2D eigenvalue weighted by atomic mass is 10.7. The van der Waals surface area contributed by atoms with Gasteiger partial charge in [-0.3, -0.25) is 4.18 Å². The standard InChI is InChI=1S/C7H11N2.CH4O4S/c1-4-9-6-5-8(3)7(9)2;1-5-6(2,3)4/h4-6H,1H2,2-3H3;1H3,(H,2,3,4)/q+1;/p-1. The number of nitrogens with zero attached hydrogens (tertiary/aromatic N) is 2. The van der Waals surface area contributed by atoms with Gasteiger partial charge in [0.15, 0.2) is 0 Å². The maximum Gasteiger partial charge on any atom is 0.257 e. The van der Waals surface area contributed by atoms with Gasteiger partial charge in [0, 0.05) is 6.92 Å². The van der Waals surface area contributed by atoms with Crippen molar-refractivity contribution < 1.29 is 21.7 Å². The molecule has 7 heteroatoms. The Balaban J connectivity index is 0.000000288. The minimum absolute atomic E-state index is 0.808. The van der Waals surface area contributed by atoms with Crippen molar-refractivity contribution in [2.24, 2.45) is 7.05 Å². The lowest BCUT2D eigenvalue weighted by Crippen LogP contribution is -2.26. The molecular formula is C8H14N2O4S. The normalized spacial score (nSPS) is 10.4. The van der Waals surface area contributed by atoms with Crippen molar-refractivity contribution in [1.82, 2.24) is 4.57 Å². The van der Waals surface area contributed by atoms with Crippen molar-refractivity contribution in [3.8, 4) is 0 Å². The molecule has 0 fully saturated rings. The molecule has 1 aromatic heterocycles. The van der Waals surface area contributed by atoms with E-state index in [1.165, 1.54) is 5.82 Å². The molecule has 0 spiro atoms. The molecule has 0 aliphatic heterocycles. The summed E-state index contributed by atoms with van der Waals surface area (Å²) in [6.45, 7) is 5.70. The Hall–Kier alpha value is -1.18. The third-order valence-corrected chi connectivity index (χ3v) is 2.14. The average molecular weight is 234 g/mol. The first-order valence-corrected chi connectivity index (χ1v) is 5.32. The van der Waals surface area contributed by atoms with E-state index in [2.05, 4.69) is 10.8 Å². The molecule has 0 saturated carbocycles. The third-order valence-electron chi connectivity index (χ3n) is 1.74. The van der Waals surface area contributed by atoms with Gasteiger partial charge in [0.1, 0.15) is 12.4 Å². The fourth-order valence-corrected chi connectivity index (χ4v) is 0.763. The SMILES string of the molecule is C=C[n+]1ccn(C)c1C.COS(=O)(=O)[O-]. The van der Waals surface area contributed by atoms with E-state index >= 15 is 0 Å². The molecule has 0 radical (unpaired) electrons. The van der Waals surface area contributed by atoms with E-state index in [-0.39, 0.29) is 0 Å². The quantitative estimate of drug-likeness (QED) is 0.404. The van der Waals surface area contributed by atoms with E-state index in [9.17, 15) is 13.0 Å². The topological polar surface area (TPSA) is 75.2 Å². The van der Waals surface area contributed by atoms with Gasteiger partial charge >= 0.3 is 0 Å². The number of aromatic nitrogens is 2. The summed E-state index contributed by atoms with van der Waals surface area (Å²) in [5, 5.41) is 0. The molecule has 6 nitrogen and oxygen atoms in total. The van der Waals surface area contributed by atoms with Crippen LogP contribution in [-0.2, 0) is 21.6 Å². The number of imidazole rings is 1. The molecule has 0 aliphatic rings. The Morgan fingerprint density at radius 1 is 1.67 bits per heavy atom. The van der Waals surface area contributed by atoms with Crippen LogP contribution in [0.15, 0.2) is 19.0 Å². The van der Waals surface area contributed by atoms with Crippen LogP contribution in [0.1, 0.15) is 5.82 Å². The first-order chi connectivity index (χ1) is 6.81. The van der Waals surface area contributed by atoms with Crippen molar-refractivity contribution >= 4 is 16.6 Å². The highest BCUT2D eigenvalue weighted by molar-refractivity contribution is 7.80. The average Bonchev–Trinajstić information content (AvgIpc) is 2.47. The molecule has 1 rings (SSSR count). The van der Waals surface area contributed by atoms with E-state index < -0.39 is 10.4 Å². The number of aryl methyl sites for hydroxylation is 1. The minimum Gasteiger partial charge on any atom is -0.726 e. The molecule has 15 heavy (non-hydrogen) atoms. The molecule has 0 amide bonds. The highest BCUT2D eigenvalue weighted by Gasteiger charge is 2.02. The second kappa shape index (κ2) is 5.64. The predicted molar refractivity (Wildman–Crippen MR) is 53.4 cm³/mol. The van der Waals surface area contributed by atoms with E-state index in [0.717, 1.165) is 7.11 Å². The molecule has 0 atom stereocenters. The van der Waals surface area contributed by atoms with Crippen LogP contribution >= 0.6 is 0 Å². The summed E-state index contributed by atoms with van der Waals surface area (Å²) in [5.74, 6) is 1.19. The Kier molecular flexibility index (Phi) is 5.20. The highest BCUT2D eigenvalue weighted by atomic mass is 32.3. The summed E-state index contributed by atoms with van der Waals surface area (Å²) in [6.07, 6.45) is 5.76. The van der Waals surface area contributed by atoms with Gasteiger partial charge in [0.05, 0.1) is 20.4 Å². The van der Waals surface area contributed by atoms with Gasteiger partial charge in [0.25, 0.3) is 5.82 Å². The van der Waals surface area contributed by atoms with E-state index in [0.29, 0.717) is 0 Å². The predicted octanol–water partition coefficient (Wildman–Crippen LogP) is -0.185. The van der Waals surface area contributed by atoms with Crippen LogP contribution in [0.4, 0.5) is 0 Å². The summed E-state index contributed by atoms with van der Waals surface area (Å²) in [5.41, 5.74) is 0. The molecule has 1 heterocycles. The van der Waals surface area contributed by atoms with Crippen molar-refractivity contribution in [3.63, 3.8) is 0 Å². The van der Waals surface area contributed by atoms with Crippen LogP contribution in [0.2, 0.25) is 0 Å². The summed E-state index contributed by atoms with van der Waals surface area (Å²) < 4.78 is 35.0. The van der Waals surface area contributed by atoms with Crippen LogP contribution in [0.25, 0.3) is 6.20 Å². The number of hydrogen-bond acceptors (Lipinski definition) is 4. The lowest BCUT2D eigenvalue weighted by Gasteiger charge is -1.98. The van der Waals surface area contributed by atoms with Crippen molar-refractivity contribution in [2.45, 2.75) is 6.92 Å². The zero-order valence-corrected chi connectivity index (χ0v) is 9.69. The maximum absolute atomic E-state index is 9.22. The largest absolute Gasteiger partial charge is 0.726 e. The van der Waals surface area contributed by atoms with Crippen LogP contribution in [0.3, 0.4) is 0 Å². The Bertz CT molecular complexity index is 422. The molecule has 0 aromatic carbocycles. The molecule has 0 aliphatic carbocycles. The van der Waals surface area contributed by atoms with Crippen LogP contribution in [0.5, 0.6) is 0 Å². The van der Waals surface area contributed by atoms with Gasteiger partial charge in [-0.15, -0.1) is 0 Å². The smallest absolute Gasteiger partial charge is 0.257 e. The van der Waals surface area contributed by atoms with Crippen molar-refractivity contribution in [2.75, 3.05) is 7.11 Å². The lowest BCUT2D eigenvalue weighted by molar-refractivity contribution is -0.574. The van der Waals surface area contributed by atoms with Crippen LogP contribution in [-0.4, -0.2) is 24.6 Å². The van der Waals surface area contributed by atoms with E-state index in [4.69, 9.17) is 0 Å². The molecular weight excluding hydrogens is 220 g/mol. The van der Waals surface area contributed by atoms with Crippen LogP contribution < -0.4 is 4.57 Å². The van der Waals surface area contributed by atoms with Crippen molar-refractivity contribution in [3.05, 3.63) is 24.8 Å². The number of hydrogen-bond donors (Lipinski definition) is 0. The summed E-state index contributed by atoms with van der Waals surface area (Å²) >= 11 is 0. The molecule has 0 bridgehead atoms. The van der Waals surface area contributed by atoms with Crippen LogP contribution in [0, 0.1) is 6.92 Å². The van der Waals surface area contributed by atoms with Gasteiger partial charge in [-0.1, -0.05) is 6.58 Å². The minimum atomic E-state index is -4.41. The Morgan fingerprint density at radius 2 is 2.13 bits per heavy atom. The van der Waals surface area contributed by atoms with Gasteiger partial charge in [0.2, 0.25) is 10.4 Å². The summed E-state index contributed by atoms with van der Waals surface area (Å²) in [7, 11) is -1.59. The maximum atomic E-state index is 9.22.